The summed E-state index contributed by atoms with van der Waals surface area (Å²) >= 11 is 0. The number of amides is 1. The maximum Gasteiger partial charge on any atom is 0.338 e. The number of carbonyl (C=O) groups is 1. The summed E-state index contributed by atoms with van der Waals surface area (Å²) in [7, 11) is 1.63. The first-order valence-corrected chi connectivity index (χ1v) is 10.6. The number of imidazole rings is 1. The second kappa shape index (κ2) is 7.96. The van der Waals surface area contributed by atoms with E-state index in [0.717, 1.165) is 11.3 Å². The Bertz CT molecular complexity index is 1350. The summed E-state index contributed by atoms with van der Waals surface area (Å²) < 4.78 is 2.59. The van der Waals surface area contributed by atoms with E-state index in [0.29, 0.717) is 43.2 Å². The molecule has 0 bridgehead atoms. The number of benzene rings is 2. The second-order valence-electron chi connectivity index (χ2n) is 8.04. The highest BCUT2D eigenvalue weighted by molar-refractivity contribution is 5.88. The van der Waals surface area contributed by atoms with E-state index in [4.69, 9.17) is 0 Å². The molecule has 1 saturated heterocycles. The summed E-state index contributed by atoms with van der Waals surface area (Å²) in [6, 6.07) is 17.6. The van der Waals surface area contributed by atoms with Gasteiger partial charge in [-0.25, -0.2) is 24.1 Å². The molecule has 5 rings (SSSR count). The minimum atomic E-state index is -0.411. The van der Waals surface area contributed by atoms with Crippen LogP contribution in [0.5, 0.6) is 0 Å². The predicted octanol–water partition coefficient (Wildman–Crippen LogP) is 2.90. The Morgan fingerprint density at radius 1 is 0.969 bits per heavy atom. The van der Waals surface area contributed by atoms with Crippen LogP contribution in [0.2, 0.25) is 0 Å². The Labute approximate surface area is 185 Å². The average Bonchev–Trinajstić information content (AvgIpc) is 3.09. The molecule has 0 saturated carbocycles. The van der Waals surface area contributed by atoms with Crippen LogP contribution in [0.1, 0.15) is 5.56 Å². The zero-order chi connectivity index (χ0) is 22.2. The fourth-order valence-corrected chi connectivity index (χ4v) is 4.15. The standard InChI is InChI=1S/C24H24N6O2/c1-17-7-6-10-19(15-17)28-11-13-29(14-12-28)24(32)30-20-16-25-21(18-8-4-3-5-9-18)26-22(20)27(2)23(30)31/h3-10,15-16H,11-14H2,1-2H3. The Morgan fingerprint density at radius 3 is 2.44 bits per heavy atom. The van der Waals surface area contributed by atoms with Gasteiger partial charge in [-0.1, -0.05) is 42.5 Å². The predicted molar refractivity (Wildman–Crippen MR) is 124 cm³/mol. The fourth-order valence-electron chi connectivity index (χ4n) is 4.15. The molecule has 0 atom stereocenters. The molecule has 0 N–H and O–H groups in total. The molecule has 2 aromatic carbocycles. The van der Waals surface area contributed by atoms with Crippen molar-refractivity contribution in [3.8, 4) is 11.4 Å². The van der Waals surface area contributed by atoms with Gasteiger partial charge in [0.1, 0.15) is 5.52 Å². The normalized spacial score (nSPS) is 14.2. The van der Waals surface area contributed by atoms with Gasteiger partial charge in [0.2, 0.25) is 0 Å². The van der Waals surface area contributed by atoms with Crippen LogP contribution in [0.4, 0.5) is 10.5 Å². The number of anilines is 1. The fraction of sp³-hybridized carbons (Fsp3) is 0.250. The van der Waals surface area contributed by atoms with Crippen LogP contribution in [-0.4, -0.2) is 56.2 Å². The smallest absolute Gasteiger partial charge is 0.338 e. The highest BCUT2D eigenvalue weighted by atomic mass is 16.2. The molecule has 4 aromatic rings. The number of hydrogen-bond donors (Lipinski definition) is 0. The number of aromatic nitrogens is 4. The molecule has 0 spiro atoms. The van der Waals surface area contributed by atoms with Gasteiger partial charge in [-0.2, -0.15) is 0 Å². The van der Waals surface area contributed by atoms with Crippen LogP contribution in [0.3, 0.4) is 0 Å². The van der Waals surface area contributed by atoms with E-state index in [2.05, 4.69) is 40.0 Å². The minimum absolute atomic E-state index is 0.333. The average molecular weight is 428 g/mol. The zero-order valence-electron chi connectivity index (χ0n) is 18.1. The molecule has 8 heteroatoms. The number of piperazine rings is 1. The molecule has 32 heavy (non-hydrogen) atoms. The molecule has 0 radical (unpaired) electrons. The van der Waals surface area contributed by atoms with Crippen LogP contribution in [0.15, 0.2) is 65.6 Å². The van der Waals surface area contributed by atoms with Gasteiger partial charge in [0.25, 0.3) is 0 Å². The molecule has 162 valence electrons. The second-order valence-corrected chi connectivity index (χ2v) is 8.04. The Morgan fingerprint density at radius 2 is 1.72 bits per heavy atom. The van der Waals surface area contributed by atoms with Gasteiger partial charge >= 0.3 is 11.7 Å². The van der Waals surface area contributed by atoms with Crippen molar-refractivity contribution >= 4 is 22.9 Å². The molecule has 2 aromatic heterocycles. The maximum absolute atomic E-state index is 13.3. The minimum Gasteiger partial charge on any atom is -0.368 e. The monoisotopic (exact) mass is 428 g/mol. The third-order valence-corrected chi connectivity index (χ3v) is 5.93. The number of aryl methyl sites for hydroxylation is 2. The number of hydrogen-bond acceptors (Lipinski definition) is 5. The maximum atomic E-state index is 13.3. The van der Waals surface area contributed by atoms with Crippen molar-refractivity contribution in [2.75, 3.05) is 31.1 Å². The van der Waals surface area contributed by atoms with E-state index in [-0.39, 0.29) is 6.03 Å². The molecule has 1 aliphatic heterocycles. The van der Waals surface area contributed by atoms with E-state index >= 15 is 0 Å². The van der Waals surface area contributed by atoms with Gasteiger partial charge in [-0.3, -0.25) is 4.57 Å². The summed E-state index contributed by atoms with van der Waals surface area (Å²) in [4.78, 5) is 39.2. The van der Waals surface area contributed by atoms with E-state index in [1.807, 2.05) is 36.4 Å². The number of nitrogens with zero attached hydrogens (tertiary/aromatic N) is 6. The highest BCUT2D eigenvalue weighted by Gasteiger charge is 2.27. The third-order valence-electron chi connectivity index (χ3n) is 5.93. The number of carbonyl (C=O) groups excluding carboxylic acids is 1. The van der Waals surface area contributed by atoms with Gasteiger partial charge in [0, 0.05) is 44.5 Å². The molecule has 1 fully saturated rings. The van der Waals surface area contributed by atoms with Crippen molar-refractivity contribution in [3.05, 3.63) is 76.8 Å². The SMILES string of the molecule is Cc1cccc(N2CCN(C(=O)n3c(=O)n(C)c4nc(-c5ccccc5)ncc43)CC2)c1. The van der Waals surface area contributed by atoms with Crippen molar-refractivity contribution < 1.29 is 4.79 Å². The van der Waals surface area contributed by atoms with Crippen molar-refractivity contribution in [2.24, 2.45) is 7.05 Å². The van der Waals surface area contributed by atoms with Gasteiger partial charge in [-0.15, -0.1) is 0 Å². The third kappa shape index (κ3) is 3.43. The lowest BCUT2D eigenvalue weighted by Gasteiger charge is -2.36. The Kier molecular flexibility index (Phi) is 4.97. The first-order chi connectivity index (χ1) is 15.5. The van der Waals surface area contributed by atoms with Gasteiger partial charge in [0.05, 0.1) is 6.20 Å². The molecule has 3 heterocycles. The molecular weight excluding hydrogens is 404 g/mol. The molecule has 0 aliphatic carbocycles. The summed E-state index contributed by atoms with van der Waals surface area (Å²) in [5.41, 5.74) is 3.66. The first-order valence-electron chi connectivity index (χ1n) is 10.6. The van der Waals surface area contributed by atoms with Crippen LogP contribution < -0.4 is 10.6 Å². The summed E-state index contributed by atoms with van der Waals surface area (Å²) in [6.45, 7) is 4.57. The van der Waals surface area contributed by atoms with Crippen molar-refractivity contribution in [2.45, 2.75) is 6.92 Å². The van der Waals surface area contributed by atoms with Crippen LogP contribution >= 0.6 is 0 Å². The van der Waals surface area contributed by atoms with Gasteiger partial charge in [0.15, 0.2) is 11.5 Å². The highest BCUT2D eigenvalue weighted by Crippen LogP contribution is 2.20. The van der Waals surface area contributed by atoms with Crippen LogP contribution in [0, 0.1) is 6.92 Å². The van der Waals surface area contributed by atoms with Gasteiger partial charge < -0.3 is 9.80 Å². The van der Waals surface area contributed by atoms with Crippen molar-refractivity contribution in [1.82, 2.24) is 24.0 Å². The zero-order valence-corrected chi connectivity index (χ0v) is 18.1. The number of fused-ring (bicyclic) bond motifs is 1. The van der Waals surface area contributed by atoms with E-state index in [1.165, 1.54) is 14.7 Å². The molecular formula is C24H24N6O2. The molecule has 8 nitrogen and oxygen atoms in total. The summed E-state index contributed by atoms with van der Waals surface area (Å²) in [5, 5.41) is 0. The van der Waals surface area contributed by atoms with E-state index < -0.39 is 5.69 Å². The lowest BCUT2D eigenvalue weighted by atomic mass is 10.2. The lowest BCUT2D eigenvalue weighted by molar-refractivity contribution is 0.196. The molecule has 1 amide bonds. The van der Waals surface area contributed by atoms with Crippen LogP contribution in [0.25, 0.3) is 22.6 Å². The number of rotatable bonds is 2. The first kappa shape index (κ1) is 20.0. The van der Waals surface area contributed by atoms with E-state index in [1.54, 1.807) is 18.1 Å². The van der Waals surface area contributed by atoms with Crippen LogP contribution in [-0.2, 0) is 7.05 Å². The lowest BCUT2D eigenvalue weighted by Crippen LogP contribution is -2.51. The largest absolute Gasteiger partial charge is 0.368 e. The summed E-state index contributed by atoms with van der Waals surface area (Å²) in [6.07, 6.45) is 1.56. The quantitative estimate of drug-likeness (QED) is 0.491. The molecule has 1 aliphatic rings. The Balaban J connectivity index is 1.42. The molecule has 0 unspecified atom stereocenters. The van der Waals surface area contributed by atoms with Crippen molar-refractivity contribution in [3.63, 3.8) is 0 Å². The van der Waals surface area contributed by atoms with E-state index in [9.17, 15) is 9.59 Å². The van der Waals surface area contributed by atoms with Gasteiger partial charge in [-0.05, 0) is 24.6 Å². The summed E-state index contributed by atoms with van der Waals surface area (Å²) in [5.74, 6) is 0.519. The van der Waals surface area contributed by atoms with Crippen molar-refractivity contribution in [1.29, 1.82) is 0 Å². The topological polar surface area (TPSA) is 76.3 Å². The Hall–Kier alpha value is -3.94.